The predicted octanol–water partition coefficient (Wildman–Crippen LogP) is 2.52. The second kappa shape index (κ2) is 10.4. The standard InChI is InChI=1S/C23H31N3O4S/c1-4-25-31(28,29)22-11-7-10-19(12-22)23(27)24-13-20-8-5-6-9-21(20)16-26-14-17(2)30-18(3)15-26/h5-12,17-18,25H,4,13-16H2,1-3H3,(H,24,27). The van der Waals surface area contributed by atoms with Crippen LogP contribution in [0.5, 0.6) is 0 Å². The molecule has 0 spiro atoms. The van der Waals surface area contributed by atoms with E-state index >= 15 is 0 Å². The summed E-state index contributed by atoms with van der Waals surface area (Å²) in [5.41, 5.74) is 2.51. The lowest BCUT2D eigenvalue weighted by atomic mass is 10.1. The molecule has 2 atom stereocenters. The van der Waals surface area contributed by atoms with E-state index in [-0.39, 0.29) is 29.6 Å². The summed E-state index contributed by atoms with van der Waals surface area (Å²) in [5, 5.41) is 2.92. The van der Waals surface area contributed by atoms with Gasteiger partial charge < -0.3 is 10.1 Å². The number of rotatable bonds is 8. The first kappa shape index (κ1) is 23.4. The van der Waals surface area contributed by atoms with E-state index in [1.165, 1.54) is 12.1 Å². The molecular weight excluding hydrogens is 414 g/mol. The van der Waals surface area contributed by atoms with Crippen molar-refractivity contribution in [2.75, 3.05) is 19.6 Å². The minimum Gasteiger partial charge on any atom is -0.373 e. The third-order valence-electron chi connectivity index (χ3n) is 5.19. The largest absolute Gasteiger partial charge is 0.373 e. The fraction of sp³-hybridized carbons (Fsp3) is 0.435. The fourth-order valence-electron chi connectivity index (χ4n) is 3.89. The highest BCUT2D eigenvalue weighted by Crippen LogP contribution is 2.17. The summed E-state index contributed by atoms with van der Waals surface area (Å²) in [7, 11) is -3.61. The van der Waals surface area contributed by atoms with Crippen molar-refractivity contribution in [3.05, 3.63) is 65.2 Å². The van der Waals surface area contributed by atoms with Gasteiger partial charge in [-0.25, -0.2) is 13.1 Å². The molecule has 0 bridgehead atoms. The van der Waals surface area contributed by atoms with Gasteiger partial charge in [-0.2, -0.15) is 0 Å². The smallest absolute Gasteiger partial charge is 0.251 e. The van der Waals surface area contributed by atoms with Gasteiger partial charge in [0.2, 0.25) is 10.0 Å². The van der Waals surface area contributed by atoms with E-state index < -0.39 is 10.0 Å². The molecule has 2 aromatic rings. The first-order valence-corrected chi connectivity index (χ1v) is 12.1. The van der Waals surface area contributed by atoms with E-state index in [2.05, 4.69) is 34.9 Å². The fourth-order valence-corrected chi connectivity index (χ4v) is 4.98. The molecule has 1 aliphatic heterocycles. The average molecular weight is 446 g/mol. The number of amides is 1. The molecule has 7 nitrogen and oxygen atoms in total. The van der Waals surface area contributed by atoms with Gasteiger partial charge in [0.05, 0.1) is 17.1 Å². The van der Waals surface area contributed by atoms with E-state index in [1.54, 1.807) is 19.1 Å². The van der Waals surface area contributed by atoms with Gasteiger partial charge in [-0.15, -0.1) is 0 Å². The van der Waals surface area contributed by atoms with Crippen LogP contribution in [0.1, 0.15) is 42.3 Å². The Morgan fingerprint density at radius 1 is 1.06 bits per heavy atom. The topological polar surface area (TPSA) is 87.7 Å². The zero-order valence-electron chi connectivity index (χ0n) is 18.3. The first-order valence-electron chi connectivity index (χ1n) is 10.6. The van der Waals surface area contributed by atoms with Crippen molar-refractivity contribution >= 4 is 15.9 Å². The maximum atomic E-state index is 12.7. The van der Waals surface area contributed by atoms with Crippen molar-refractivity contribution in [1.29, 1.82) is 0 Å². The molecule has 0 aromatic heterocycles. The van der Waals surface area contributed by atoms with Crippen molar-refractivity contribution in [3.63, 3.8) is 0 Å². The molecule has 1 amide bonds. The number of benzene rings is 2. The van der Waals surface area contributed by atoms with Gasteiger partial charge in [0.25, 0.3) is 5.91 Å². The molecule has 31 heavy (non-hydrogen) atoms. The number of nitrogens with one attached hydrogen (secondary N) is 2. The molecule has 0 radical (unpaired) electrons. The molecule has 1 heterocycles. The Bertz CT molecular complexity index is 999. The Labute approximate surface area is 184 Å². The van der Waals surface area contributed by atoms with E-state index in [0.29, 0.717) is 12.1 Å². The van der Waals surface area contributed by atoms with E-state index in [0.717, 1.165) is 30.8 Å². The van der Waals surface area contributed by atoms with Crippen molar-refractivity contribution < 1.29 is 17.9 Å². The van der Waals surface area contributed by atoms with Crippen LogP contribution in [0.25, 0.3) is 0 Å². The molecule has 8 heteroatoms. The first-order chi connectivity index (χ1) is 14.8. The van der Waals surface area contributed by atoms with Crippen molar-refractivity contribution in [3.8, 4) is 0 Å². The Hall–Kier alpha value is -2.26. The number of ether oxygens (including phenoxy) is 1. The maximum Gasteiger partial charge on any atom is 0.251 e. The van der Waals surface area contributed by atoms with Gasteiger partial charge in [0.15, 0.2) is 0 Å². The summed E-state index contributed by atoms with van der Waals surface area (Å²) in [4.78, 5) is 15.1. The Morgan fingerprint density at radius 2 is 1.74 bits per heavy atom. The lowest BCUT2D eigenvalue weighted by molar-refractivity contribution is -0.0705. The molecule has 3 rings (SSSR count). The molecule has 1 fully saturated rings. The number of hydrogen-bond donors (Lipinski definition) is 2. The van der Waals surface area contributed by atoms with Gasteiger partial charge in [-0.1, -0.05) is 37.3 Å². The Morgan fingerprint density at radius 3 is 2.42 bits per heavy atom. The number of hydrogen-bond acceptors (Lipinski definition) is 5. The van der Waals surface area contributed by atoms with Crippen LogP contribution >= 0.6 is 0 Å². The lowest BCUT2D eigenvalue weighted by Gasteiger charge is -2.35. The van der Waals surface area contributed by atoms with Crippen LogP contribution in [0.2, 0.25) is 0 Å². The Kier molecular flexibility index (Phi) is 7.83. The molecule has 2 N–H and O–H groups in total. The van der Waals surface area contributed by atoms with Crippen molar-refractivity contribution in [2.24, 2.45) is 0 Å². The summed E-state index contributed by atoms with van der Waals surface area (Å²) < 4.78 is 32.7. The lowest BCUT2D eigenvalue weighted by Crippen LogP contribution is -2.45. The zero-order valence-corrected chi connectivity index (χ0v) is 19.1. The SMILES string of the molecule is CCNS(=O)(=O)c1cccc(C(=O)NCc2ccccc2CN2CC(C)OC(C)C2)c1. The molecule has 2 unspecified atom stereocenters. The molecule has 1 saturated heterocycles. The monoisotopic (exact) mass is 445 g/mol. The van der Waals surface area contributed by atoms with Crippen molar-refractivity contribution in [2.45, 2.75) is 51.0 Å². The van der Waals surface area contributed by atoms with Gasteiger partial charge in [-0.05, 0) is 43.2 Å². The molecular formula is C23H31N3O4S. The molecule has 2 aromatic carbocycles. The van der Waals surface area contributed by atoms with Crippen LogP contribution in [-0.4, -0.2) is 51.1 Å². The normalized spacial score (nSPS) is 19.8. The molecule has 168 valence electrons. The molecule has 1 aliphatic rings. The van der Waals surface area contributed by atoms with Gasteiger partial charge in [0, 0.05) is 38.3 Å². The highest BCUT2D eigenvalue weighted by atomic mass is 32.2. The summed E-state index contributed by atoms with van der Waals surface area (Å²) in [6.45, 7) is 9.07. The third-order valence-corrected chi connectivity index (χ3v) is 6.73. The van der Waals surface area contributed by atoms with Crippen LogP contribution < -0.4 is 10.0 Å². The number of carbonyl (C=O) groups is 1. The maximum absolute atomic E-state index is 12.7. The number of nitrogens with zero attached hydrogens (tertiary/aromatic N) is 1. The van der Waals surface area contributed by atoms with E-state index in [9.17, 15) is 13.2 Å². The van der Waals surface area contributed by atoms with Crippen LogP contribution in [0, 0.1) is 0 Å². The zero-order chi connectivity index (χ0) is 22.4. The molecule has 0 aliphatic carbocycles. The van der Waals surface area contributed by atoms with Crippen LogP contribution in [-0.2, 0) is 27.8 Å². The summed E-state index contributed by atoms with van der Waals surface area (Å²) >= 11 is 0. The van der Waals surface area contributed by atoms with E-state index in [1.807, 2.05) is 18.2 Å². The number of morpholine rings is 1. The quantitative estimate of drug-likeness (QED) is 0.652. The average Bonchev–Trinajstić information content (AvgIpc) is 2.72. The predicted molar refractivity (Wildman–Crippen MR) is 120 cm³/mol. The summed E-state index contributed by atoms with van der Waals surface area (Å²) in [6, 6.07) is 14.1. The second-order valence-corrected chi connectivity index (χ2v) is 9.70. The van der Waals surface area contributed by atoms with Crippen LogP contribution in [0.15, 0.2) is 53.4 Å². The Balaban J connectivity index is 1.67. The van der Waals surface area contributed by atoms with Gasteiger partial charge in [-0.3, -0.25) is 9.69 Å². The van der Waals surface area contributed by atoms with Crippen LogP contribution in [0.4, 0.5) is 0 Å². The second-order valence-electron chi connectivity index (χ2n) is 7.93. The summed E-state index contributed by atoms with van der Waals surface area (Å²) in [6.07, 6.45) is 0.391. The van der Waals surface area contributed by atoms with Crippen LogP contribution in [0.3, 0.4) is 0 Å². The minimum absolute atomic E-state index is 0.0814. The minimum atomic E-state index is -3.61. The van der Waals surface area contributed by atoms with E-state index in [4.69, 9.17) is 4.74 Å². The highest BCUT2D eigenvalue weighted by molar-refractivity contribution is 7.89. The molecule has 0 saturated carbocycles. The number of sulfonamides is 1. The van der Waals surface area contributed by atoms with Crippen molar-refractivity contribution in [1.82, 2.24) is 14.9 Å². The third kappa shape index (κ3) is 6.36. The van der Waals surface area contributed by atoms with Gasteiger partial charge in [0.1, 0.15) is 0 Å². The summed E-state index contributed by atoms with van der Waals surface area (Å²) in [5.74, 6) is -0.308. The number of carbonyl (C=O) groups excluding carboxylic acids is 1. The van der Waals surface area contributed by atoms with Gasteiger partial charge >= 0.3 is 0 Å². The highest BCUT2D eigenvalue weighted by Gasteiger charge is 2.22.